The normalized spacial score (nSPS) is 15.8. The first-order valence-electron chi connectivity index (χ1n) is 13.0. The van der Waals surface area contributed by atoms with Gasteiger partial charge in [0.15, 0.2) is 5.09 Å². The Hall–Kier alpha value is -2.99. The fourth-order valence-electron chi connectivity index (χ4n) is 4.36. The summed E-state index contributed by atoms with van der Waals surface area (Å²) in [6, 6.07) is 12.3. The fraction of sp³-hybridized carbons (Fsp3) is 0.357. The van der Waals surface area contributed by atoms with Crippen molar-refractivity contribution in [2.45, 2.75) is 43.7 Å². The first-order valence-corrected chi connectivity index (χ1v) is 15.1. The molecule has 5 rings (SSSR count). The molecule has 0 saturated carbocycles. The van der Waals surface area contributed by atoms with Gasteiger partial charge in [-0.2, -0.15) is 0 Å². The zero-order valence-corrected chi connectivity index (χ0v) is 23.9. The third-order valence-corrected chi connectivity index (χ3v) is 8.93. The molecule has 2 amide bonds. The van der Waals surface area contributed by atoms with Crippen LogP contribution in [0.4, 0.5) is 0 Å². The minimum atomic E-state index is -0.417. The number of thiazole rings is 1. The molecule has 0 atom stereocenters. The van der Waals surface area contributed by atoms with E-state index in [1.807, 2.05) is 6.07 Å². The van der Waals surface area contributed by atoms with Crippen LogP contribution in [0, 0.1) is 0 Å². The van der Waals surface area contributed by atoms with Crippen molar-refractivity contribution in [1.82, 2.24) is 20.5 Å². The molecule has 2 N–H and O–H groups in total. The van der Waals surface area contributed by atoms with Crippen LogP contribution in [0.3, 0.4) is 0 Å². The van der Waals surface area contributed by atoms with Gasteiger partial charge < -0.3 is 24.7 Å². The summed E-state index contributed by atoms with van der Waals surface area (Å²) in [5, 5.41) is 7.16. The Bertz CT molecular complexity index is 1320. The van der Waals surface area contributed by atoms with E-state index in [0.717, 1.165) is 43.1 Å². The van der Waals surface area contributed by atoms with Crippen LogP contribution in [-0.4, -0.2) is 52.3 Å². The maximum Gasteiger partial charge on any atom is 0.268 e. The molecule has 2 aliphatic rings. The molecular formula is C28H30N4O4S3. The number of benzene rings is 1. The van der Waals surface area contributed by atoms with Crippen molar-refractivity contribution in [3.8, 4) is 0 Å². The first kappa shape index (κ1) is 27.6. The minimum Gasteiger partial charge on any atom is -0.450 e. The number of morpholine rings is 1. The van der Waals surface area contributed by atoms with Gasteiger partial charge in [-0.25, -0.2) is 4.98 Å². The molecule has 1 aliphatic heterocycles. The summed E-state index contributed by atoms with van der Waals surface area (Å²) >= 11 is 8.57. The van der Waals surface area contributed by atoms with Gasteiger partial charge in [-0.1, -0.05) is 36.8 Å². The quantitative estimate of drug-likeness (QED) is 0.178. The summed E-state index contributed by atoms with van der Waals surface area (Å²) in [5.74, 6) is -0.367. The molecule has 204 valence electrons. The summed E-state index contributed by atoms with van der Waals surface area (Å²) in [6.07, 6.45) is 7.14. The van der Waals surface area contributed by atoms with Gasteiger partial charge in [-0.15, -0.1) is 11.3 Å². The Morgan fingerprint density at radius 2 is 1.87 bits per heavy atom. The van der Waals surface area contributed by atoms with Gasteiger partial charge in [-0.05, 0) is 61.7 Å². The lowest BCUT2D eigenvalue weighted by Gasteiger charge is -2.28. The summed E-state index contributed by atoms with van der Waals surface area (Å²) in [5.41, 5.74) is 1.69. The van der Waals surface area contributed by atoms with Crippen LogP contribution in [0.5, 0.6) is 0 Å². The van der Waals surface area contributed by atoms with Crippen LogP contribution in [-0.2, 0) is 28.9 Å². The number of nitrogens with one attached hydrogen (secondary N) is 2. The van der Waals surface area contributed by atoms with Gasteiger partial charge in [-0.3, -0.25) is 9.59 Å². The van der Waals surface area contributed by atoms with Crippen molar-refractivity contribution in [3.05, 3.63) is 75.1 Å². The molecule has 0 bridgehead atoms. The van der Waals surface area contributed by atoms with E-state index in [9.17, 15) is 9.59 Å². The highest BCUT2D eigenvalue weighted by Crippen LogP contribution is 2.27. The number of carbonyl (C=O) groups is 2. The average Bonchev–Trinajstić information content (AvgIpc) is 3.51. The number of fused-ring (bicyclic) bond motifs is 1. The molecule has 1 fully saturated rings. The summed E-state index contributed by atoms with van der Waals surface area (Å²) in [6.45, 7) is 3.09. The lowest BCUT2D eigenvalue weighted by molar-refractivity contribution is -0.117. The van der Waals surface area contributed by atoms with E-state index >= 15 is 0 Å². The smallest absolute Gasteiger partial charge is 0.268 e. The van der Waals surface area contributed by atoms with E-state index in [0.29, 0.717) is 40.5 Å². The van der Waals surface area contributed by atoms with E-state index in [1.54, 1.807) is 47.7 Å². The molecular weight excluding hydrogens is 553 g/mol. The Morgan fingerprint density at radius 1 is 1.08 bits per heavy atom. The van der Waals surface area contributed by atoms with Crippen molar-refractivity contribution < 1.29 is 18.7 Å². The van der Waals surface area contributed by atoms with Gasteiger partial charge in [0.05, 0.1) is 25.5 Å². The molecule has 0 unspecified atom stereocenters. The molecule has 3 heterocycles. The topological polar surface area (TPSA) is 96.7 Å². The Morgan fingerprint density at radius 3 is 2.69 bits per heavy atom. The second-order valence-corrected chi connectivity index (χ2v) is 12.0. The Balaban J connectivity index is 1.29. The van der Waals surface area contributed by atoms with Crippen molar-refractivity contribution in [2.75, 3.05) is 26.3 Å². The maximum absolute atomic E-state index is 13.3. The molecule has 2 aromatic heterocycles. The number of thioether (sulfide) groups is 1. The van der Waals surface area contributed by atoms with Gasteiger partial charge in [0.1, 0.15) is 20.8 Å². The van der Waals surface area contributed by atoms with E-state index < -0.39 is 5.91 Å². The SMILES string of the molecule is O=C(NCc1nc2c(s1)CCCCC2)C(=Cc1ccc(SC(=S)N2CCOCC2)o1)NC(=O)c1ccccc1. The summed E-state index contributed by atoms with van der Waals surface area (Å²) in [7, 11) is 0. The maximum atomic E-state index is 13.3. The summed E-state index contributed by atoms with van der Waals surface area (Å²) < 4.78 is 12.0. The van der Waals surface area contributed by atoms with Crippen molar-refractivity contribution >= 4 is 57.5 Å². The number of aryl methyl sites for hydroxylation is 2. The molecule has 8 nitrogen and oxygen atoms in total. The highest BCUT2D eigenvalue weighted by atomic mass is 32.2. The fourth-order valence-corrected chi connectivity index (χ4v) is 6.64. The molecule has 39 heavy (non-hydrogen) atoms. The molecule has 1 aliphatic carbocycles. The number of amides is 2. The number of rotatable bonds is 7. The predicted octanol–water partition coefficient (Wildman–Crippen LogP) is 4.80. The van der Waals surface area contributed by atoms with Crippen LogP contribution < -0.4 is 10.6 Å². The van der Waals surface area contributed by atoms with Gasteiger partial charge in [0.25, 0.3) is 11.8 Å². The first-order chi connectivity index (χ1) is 19.0. The second-order valence-electron chi connectivity index (χ2n) is 9.22. The number of carbonyl (C=O) groups excluding carboxylic acids is 2. The lowest BCUT2D eigenvalue weighted by atomic mass is 10.2. The number of hydrogen-bond acceptors (Lipinski definition) is 8. The van der Waals surface area contributed by atoms with Crippen LogP contribution in [0.1, 0.15) is 51.0 Å². The minimum absolute atomic E-state index is 0.0867. The largest absolute Gasteiger partial charge is 0.450 e. The number of thiocarbonyl (C=S) groups is 1. The van der Waals surface area contributed by atoms with Gasteiger partial charge in [0.2, 0.25) is 0 Å². The Labute approximate surface area is 241 Å². The Kier molecular flexibility index (Phi) is 9.46. The highest BCUT2D eigenvalue weighted by molar-refractivity contribution is 8.22. The standard InChI is InChI=1S/C28H30N4O4S3/c33-26(19-7-3-1-4-8-19)31-22(27(34)29-18-24-30-21-9-5-2-6-10-23(21)38-24)17-20-11-12-25(36-20)39-28(37)32-13-15-35-16-14-32/h1,3-4,7-8,11-12,17H,2,5-6,9-10,13-16,18H2,(H,29,34)(H,31,33). The van der Waals surface area contributed by atoms with E-state index in [2.05, 4.69) is 15.5 Å². The van der Waals surface area contributed by atoms with Crippen molar-refractivity contribution in [2.24, 2.45) is 0 Å². The van der Waals surface area contributed by atoms with E-state index in [1.165, 1.54) is 35.6 Å². The van der Waals surface area contributed by atoms with Crippen LogP contribution >= 0.6 is 35.3 Å². The third-order valence-electron chi connectivity index (χ3n) is 6.41. The van der Waals surface area contributed by atoms with Gasteiger partial charge >= 0.3 is 0 Å². The molecule has 1 aromatic carbocycles. The zero-order valence-electron chi connectivity index (χ0n) is 21.4. The van der Waals surface area contributed by atoms with E-state index in [4.69, 9.17) is 26.4 Å². The molecule has 11 heteroatoms. The third kappa shape index (κ3) is 7.57. The second kappa shape index (κ2) is 13.4. The monoisotopic (exact) mass is 582 g/mol. The van der Waals surface area contributed by atoms with Crippen LogP contribution in [0.15, 0.2) is 57.7 Å². The van der Waals surface area contributed by atoms with Crippen molar-refractivity contribution in [3.63, 3.8) is 0 Å². The van der Waals surface area contributed by atoms with Gasteiger partial charge in [0, 0.05) is 29.6 Å². The number of furan rings is 1. The van der Waals surface area contributed by atoms with Crippen molar-refractivity contribution in [1.29, 1.82) is 0 Å². The highest BCUT2D eigenvalue weighted by Gasteiger charge is 2.19. The van der Waals surface area contributed by atoms with E-state index in [-0.39, 0.29) is 11.6 Å². The predicted molar refractivity (Wildman–Crippen MR) is 157 cm³/mol. The molecule has 1 saturated heterocycles. The molecule has 3 aromatic rings. The number of nitrogens with zero attached hydrogens (tertiary/aromatic N) is 2. The molecule has 0 radical (unpaired) electrons. The number of hydrogen-bond donors (Lipinski definition) is 2. The lowest BCUT2D eigenvalue weighted by Crippen LogP contribution is -2.38. The summed E-state index contributed by atoms with van der Waals surface area (Å²) in [4.78, 5) is 34.3. The average molecular weight is 583 g/mol. The molecule has 0 spiro atoms. The van der Waals surface area contributed by atoms with Crippen LogP contribution in [0.25, 0.3) is 6.08 Å². The zero-order chi connectivity index (χ0) is 27.0. The van der Waals surface area contributed by atoms with Crippen LogP contribution in [0.2, 0.25) is 0 Å². The number of ether oxygens (including phenoxy) is 1. The number of aromatic nitrogens is 1.